The number of carbonyl (C=O) groups is 1. The number of carboxylic acid groups (broad SMARTS) is 1. The van der Waals surface area contributed by atoms with Gasteiger partial charge in [-0.15, -0.1) is 0 Å². The van der Waals surface area contributed by atoms with Crippen LogP contribution < -0.4 is 4.90 Å². The summed E-state index contributed by atoms with van der Waals surface area (Å²) in [5.41, 5.74) is 1.90. The molecule has 1 aromatic heterocycles. The van der Waals surface area contributed by atoms with Gasteiger partial charge in [-0.05, 0) is 37.8 Å². The highest BCUT2D eigenvalue weighted by molar-refractivity contribution is 5.78. The fourth-order valence-corrected chi connectivity index (χ4v) is 2.66. The first-order chi connectivity index (χ1) is 8.61. The predicted molar refractivity (Wildman–Crippen MR) is 70.8 cm³/mol. The average Bonchev–Trinajstić information content (AvgIpc) is 2.38. The van der Waals surface area contributed by atoms with Crippen LogP contribution >= 0.6 is 0 Å². The van der Waals surface area contributed by atoms with E-state index in [1.54, 1.807) is 6.20 Å². The Morgan fingerprint density at radius 1 is 1.61 bits per heavy atom. The minimum absolute atomic E-state index is 0.398. The molecule has 0 radical (unpaired) electrons. The van der Waals surface area contributed by atoms with Crippen LogP contribution in [0, 0.1) is 12.8 Å². The van der Waals surface area contributed by atoms with Crippen molar-refractivity contribution in [2.75, 3.05) is 11.4 Å². The van der Waals surface area contributed by atoms with Gasteiger partial charge in [0, 0.05) is 24.1 Å². The Balaban J connectivity index is 2.23. The summed E-state index contributed by atoms with van der Waals surface area (Å²) < 4.78 is 0. The van der Waals surface area contributed by atoms with E-state index in [2.05, 4.69) is 11.9 Å². The van der Waals surface area contributed by atoms with Crippen molar-refractivity contribution in [3.8, 4) is 0 Å². The number of anilines is 1. The Hall–Kier alpha value is -1.58. The normalized spacial score (nSPS) is 24.0. The Morgan fingerprint density at radius 3 is 3.00 bits per heavy atom. The molecule has 4 nitrogen and oxygen atoms in total. The summed E-state index contributed by atoms with van der Waals surface area (Å²) in [5.74, 6) is -0.187. The van der Waals surface area contributed by atoms with Crippen molar-refractivity contribution in [3.05, 3.63) is 24.0 Å². The van der Waals surface area contributed by atoms with Gasteiger partial charge in [0.1, 0.15) is 6.04 Å². The van der Waals surface area contributed by atoms with Gasteiger partial charge < -0.3 is 10.0 Å². The number of aliphatic carboxylic acids is 1. The van der Waals surface area contributed by atoms with Gasteiger partial charge in [0.15, 0.2) is 0 Å². The molecule has 0 saturated carbocycles. The number of piperidine rings is 1. The van der Waals surface area contributed by atoms with Gasteiger partial charge in [-0.2, -0.15) is 0 Å². The van der Waals surface area contributed by atoms with Gasteiger partial charge in [0.2, 0.25) is 0 Å². The topological polar surface area (TPSA) is 53.4 Å². The van der Waals surface area contributed by atoms with Gasteiger partial charge in [0.05, 0.1) is 0 Å². The Labute approximate surface area is 108 Å². The highest BCUT2D eigenvalue weighted by Gasteiger charge is 2.32. The van der Waals surface area contributed by atoms with E-state index in [1.807, 2.05) is 24.0 Å². The second kappa shape index (κ2) is 5.38. The summed E-state index contributed by atoms with van der Waals surface area (Å²) in [6.07, 6.45) is 4.62. The molecule has 0 bridgehead atoms. The minimum Gasteiger partial charge on any atom is -0.480 e. The monoisotopic (exact) mass is 248 g/mol. The SMILES string of the molecule is CCC1CCN(c2ccnc(C)c2)C(C(=O)O)C1. The number of pyridine rings is 1. The Morgan fingerprint density at radius 2 is 2.39 bits per heavy atom. The van der Waals surface area contributed by atoms with E-state index in [4.69, 9.17) is 0 Å². The third-order valence-electron chi connectivity index (χ3n) is 3.79. The van der Waals surface area contributed by atoms with E-state index >= 15 is 0 Å². The van der Waals surface area contributed by atoms with E-state index in [-0.39, 0.29) is 0 Å². The average molecular weight is 248 g/mol. The smallest absolute Gasteiger partial charge is 0.326 e. The maximum atomic E-state index is 11.4. The largest absolute Gasteiger partial charge is 0.480 e. The van der Waals surface area contributed by atoms with E-state index in [0.717, 1.165) is 37.2 Å². The molecule has 1 fully saturated rings. The summed E-state index contributed by atoms with van der Waals surface area (Å²) in [6, 6.07) is 3.46. The molecular weight excluding hydrogens is 228 g/mol. The van der Waals surface area contributed by atoms with Crippen molar-refractivity contribution in [3.63, 3.8) is 0 Å². The van der Waals surface area contributed by atoms with Gasteiger partial charge in [0.25, 0.3) is 0 Å². The number of nitrogens with zero attached hydrogens (tertiary/aromatic N) is 2. The first-order valence-electron chi connectivity index (χ1n) is 6.54. The predicted octanol–water partition coefficient (Wildman–Crippen LogP) is 2.47. The summed E-state index contributed by atoms with van der Waals surface area (Å²) in [6.45, 7) is 4.88. The van der Waals surface area contributed by atoms with Crippen LogP contribution in [0.25, 0.3) is 0 Å². The van der Waals surface area contributed by atoms with Crippen molar-refractivity contribution < 1.29 is 9.90 Å². The lowest BCUT2D eigenvalue weighted by atomic mass is 9.88. The van der Waals surface area contributed by atoms with Crippen molar-refractivity contribution >= 4 is 11.7 Å². The van der Waals surface area contributed by atoms with Crippen molar-refractivity contribution in [1.82, 2.24) is 4.98 Å². The number of hydrogen-bond donors (Lipinski definition) is 1. The van der Waals surface area contributed by atoms with Gasteiger partial charge in [-0.25, -0.2) is 4.79 Å². The zero-order valence-electron chi connectivity index (χ0n) is 11.0. The molecule has 98 valence electrons. The second-order valence-electron chi connectivity index (χ2n) is 5.00. The first kappa shape index (κ1) is 12.9. The molecule has 2 rings (SSSR count). The molecular formula is C14H20N2O2. The molecule has 1 aliphatic heterocycles. The van der Waals surface area contributed by atoms with Crippen LogP contribution in [0.15, 0.2) is 18.3 Å². The summed E-state index contributed by atoms with van der Waals surface area (Å²) >= 11 is 0. The third kappa shape index (κ3) is 2.63. The van der Waals surface area contributed by atoms with Crippen LogP contribution in [-0.4, -0.2) is 28.6 Å². The molecule has 0 aliphatic carbocycles. The second-order valence-corrected chi connectivity index (χ2v) is 5.00. The van der Waals surface area contributed by atoms with E-state index < -0.39 is 12.0 Å². The molecule has 0 aromatic carbocycles. The molecule has 2 unspecified atom stereocenters. The standard InChI is InChI=1S/C14H20N2O2/c1-3-11-5-7-16(13(9-11)14(17)18)12-4-6-15-10(2)8-12/h4,6,8,11,13H,3,5,7,9H2,1-2H3,(H,17,18). The van der Waals surface area contributed by atoms with E-state index in [9.17, 15) is 9.90 Å². The highest BCUT2D eigenvalue weighted by Crippen LogP contribution is 2.29. The highest BCUT2D eigenvalue weighted by atomic mass is 16.4. The fraction of sp³-hybridized carbons (Fsp3) is 0.571. The minimum atomic E-state index is -0.720. The molecule has 1 N–H and O–H groups in total. The molecule has 4 heteroatoms. The molecule has 2 atom stereocenters. The zero-order valence-corrected chi connectivity index (χ0v) is 11.0. The van der Waals surface area contributed by atoms with Crippen LogP contribution in [0.5, 0.6) is 0 Å². The maximum absolute atomic E-state index is 11.4. The van der Waals surface area contributed by atoms with E-state index in [0.29, 0.717) is 5.92 Å². The number of carboxylic acids is 1. The molecule has 1 aromatic rings. The molecule has 1 aliphatic rings. The number of aryl methyl sites for hydroxylation is 1. The summed E-state index contributed by atoms with van der Waals surface area (Å²) in [7, 11) is 0. The van der Waals surface area contributed by atoms with Crippen LogP contribution in [0.3, 0.4) is 0 Å². The lowest BCUT2D eigenvalue weighted by molar-refractivity contribution is -0.139. The Kier molecular flexibility index (Phi) is 3.84. The Bertz CT molecular complexity index is 434. The quantitative estimate of drug-likeness (QED) is 0.892. The van der Waals surface area contributed by atoms with Crippen molar-refractivity contribution in [1.29, 1.82) is 0 Å². The van der Waals surface area contributed by atoms with Gasteiger partial charge in [-0.3, -0.25) is 4.98 Å². The van der Waals surface area contributed by atoms with E-state index in [1.165, 1.54) is 0 Å². The number of rotatable bonds is 3. The molecule has 0 spiro atoms. The number of aromatic nitrogens is 1. The van der Waals surface area contributed by atoms with Gasteiger partial charge >= 0.3 is 5.97 Å². The molecule has 0 amide bonds. The molecule has 18 heavy (non-hydrogen) atoms. The zero-order chi connectivity index (χ0) is 13.1. The van der Waals surface area contributed by atoms with Crippen LogP contribution in [0.1, 0.15) is 31.9 Å². The molecule has 1 saturated heterocycles. The lowest BCUT2D eigenvalue weighted by Gasteiger charge is -2.38. The van der Waals surface area contributed by atoms with Crippen LogP contribution in [0.2, 0.25) is 0 Å². The first-order valence-corrected chi connectivity index (χ1v) is 6.54. The molecule has 2 heterocycles. The van der Waals surface area contributed by atoms with Crippen molar-refractivity contribution in [2.24, 2.45) is 5.92 Å². The number of hydrogen-bond acceptors (Lipinski definition) is 3. The third-order valence-corrected chi connectivity index (χ3v) is 3.79. The summed E-state index contributed by atoms with van der Waals surface area (Å²) in [5, 5.41) is 9.40. The fourth-order valence-electron chi connectivity index (χ4n) is 2.66. The van der Waals surface area contributed by atoms with Gasteiger partial charge in [-0.1, -0.05) is 13.3 Å². The lowest BCUT2D eigenvalue weighted by Crippen LogP contribution is -2.47. The summed E-state index contributed by atoms with van der Waals surface area (Å²) in [4.78, 5) is 17.6. The van der Waals surface area contributed by atoms with Crippen LogP contribution in [0.4, 0.5) is 5.69 Å². The van der Waals surface area contributed by atoms with Crippen LogP contribution in [-0.2, 0) is 4.79 Å². The maximum Gasteiger partial charge on any atom is 0.326 e. The van der Waals surface area contributed by atoms with Crippen molar-refractivity contribution in [2.45, 2.75) is 39.2 Å².